The highest BCUT2D eigenvalue weighted by atomic mass is 15.3. The van der Waals surface area contributed by atoms with Crippen molar-refractivity contribution in [1.82, 2.24) is 9.78 Å². The van der Waals surface area contributed by atoms with Gasteiger partial charge >= 0.3 is 0 Å². The molecular formula is C10H17N3. The summed E-state index contributed by atoms with van der Waals surface area (Å²) in [5, 5.41) is 4.35. The molecule has 3 heteroatoms. The van der Waals surface area contributed by atoms with Crippen LogP contribution in [0.1, 0.15) is 23.9 Å². The van der Waals surface area contributed by atoms with E-state index in [1.165, 1.54) is 16.8 Å². The maximum absolute atomic E-state index is 5.47. The van der Waals surface area contributed by atoms with E-state index < -0.39 is 0 Å². The highest BCUT2D eigenvalue weighted by molar-refractivity contribution is 5.67. The van der Waals surface area contributed by atoms with Crippen molar-refractivity contribution in [2.75, 3.05) is 6.54 Å². The number of aryl methyl sites for hydroxylation is 2. The van der Waals surface area contributed by atoms with E-state index in [1.54, 1.807) is 0 Å². The fraction of sp³-hybridized carbons (Fsp3) is 0.500. The van der Waals surface area contributed by atoms with Crippen LogP contribution in [0.2, 0.25) is 0 Å². The first-order valence-electron chi connectivity index (χ1n) is 4.45. The van der Waals surface area contributed by atoms with Crippen molar-refractivity contribution >= 4 is 5.57 Å². The lowest BCUT2D eigenvalue weighted by molar-refractivity contribution is 0.731. The Kier molecular flexibility index (Phi) is 2.88. The van der Waals surface area contributed by atoms with Gasteiger partial charge in [-0.3, -0.25) is 4.68 Å². The van der Waals surface area contributed by atoms with E-state index in [0.717, 1.165) is 5.69 Å². The fourth-order valence-electron chi connectivity index (χ4n) is 1.62. The molecule has 0 radical (unpaired) electrons. The lowest BCUT2D eigenvalue weighted by Gasteiger charge is -2.01. The van der Waals surface area contributed by atoms with Gasteiger partial charge in [-0.15, -0.1) is 0 Å². The van der Waals surface area contributed by atoms with Gasteiger partial charge in [-0.05, 0) is 26.3 Å². The standard InChI is InChI=1S/C10H17N3/c1-7(5-6-11)10-8(2)12-13(4)9(10)3/h5H,6,11H2,1-4H3/b7-5+. The summed E-state index contributed by atoms with van der Waals surface area (Å²) < 4.78 is 1.90. The number of allylic oxidation sites excluding steroid dienone is 1. The molecule has 0 saturated heterocycles. The van der Waals surface area contributed by atoms with Gasteiger partial charge in [-0.1, -0.05) is 6.08 Å². The topological polar surface area (TPSA) is 43.8 Å². The number of hydrogen-bond donors (Lipinski definition) is 1. The van der Waals surface area contributed by atoms with Crippen LogP contribution in [-0.4, -0.2) is 16.3 Å². The Morgan fingerprint density at radius 1 is 1.54 bits per heavy atom. The van der Waals surface area contributed by atoms with Crippen molar-refractivity contribution in [2.45, 2.75) is 20.8 Å². The van der Waals surface area contributed by atoms with Crippen molar-refractivity contribution in [2.24, 2.45) is 12.8 Å². The Hall–Kier alpha value is -1.09. The molecule has 1 rings (SSSR count). The monoisotopic (exact) mass is 179 g/mol. The molecule has 1 aromatic rings. The Morgan fingerprint density at radius 3 is 2.54 bits per heavy atom. The average Bonchev–Trinajstić information content (AvgIpc) is 2.27. The van der Waals surface area contributed by atoms with Crippen molar-refractivity contribution in [1.29, 1.82) is 0 Å². The van der Waals surface area contributed by atoms with Crippen LogP contribution in [0.3, 0.4) is 0 Å². The highest BCUT2D eigenvalue weighted by Crippen LogP contribution is 2.20. The maximum Gasteiger partial charge on any atom is 0.0671 e. The zero-order chi connectivity index (χ0) is 10.0. The molecule has 0 amide bonds. The van der Waals surface area contributed by atoms with Crippen LogP contribution in [-0.2, 0) is 7.05 Å². The second-order valence-corrected chi connectivity index (χ2v) is 3.29. The molecule has 2 N–H and O–H groups in total. The molecule has 0 aliphatic rings. The lowest BCUT2D eigenvalue weighted by Crippen LogP contribution is -1.96. The van der Waals surface area contributed by atoms with Crippen LogP contribution in [0.5, 0.6) is 0 Å². The third kappa shape index (κ3) is 1.80. The number of hydrogen-bond acceptors (Lipinski definition) is 2. The Labute approximate surface area is 79.2 Å². The molecule has 1 heterocycles. The van der Waals surface area contributed by atoms with Gasteiger partial charge in [-0.25, -0.2) is 0 Å². The first-order valence-corrected chi connectivity index (χ1v) is 4.45. The molecule has 0 aliphatic carbocycles. The van der Waals surface area contributed by atoms with Gasteiger partial charge < -0.3 is 5.73 Å². The van der Waals surface area contributed by atoms with Crippen molar-refractivity contribution < 1.29 is 0 Å². The minimum atomic E-state index is 0.583. The first kappa shape index (κ1) is 9.99. The smallest absolute Gasteiger partial charge is 0.0671 e. The minimum Gasteiger partial charge on any atom is -0.327 e. The summed E-state index contributed by atoms with van der Waals surface area (Å²) in [6, 6.07) is 0. The molecule has 0 saturated carbocycles. The third-order valence-electron chi connectivity index (χ3n) is 2.33. The number of aromatic nitrogens is 2. The second kappa shape index (κ2) is 3.75. The van der Waals surface area contributed by atoms with Crippen LogP contribution < -0.4 is 5.73 Å². The summed E-state index contributed by atoms with van der Waals surface area (Å²) in [5.74, 6) is 0. The Balaban J connectivity index is 3.21. The summed E-state index contributed by atoms with van der Waals surface area (Å²) in [5.41, 5.74) is 10.2. The third-order valence-corrected chi connectivity index (χ3v) is 2.33. The van der Waals surface area contributed by atoms with Crippen molar-refractivity contribution in [3.8, 4) is 0 Å². The van der Waals surface area contributed by atoms with E-state index in [2.05, 4.69) is 18.9 Å². The van der Waals surface area contributed by atoms with Crippen LogP contribution in [0.4, 0.5) is 0 Å². The molecule has 0 aliphatic heterocycles. The zero-order valence-corrected chi connectivity index (χ0v) is 8.76. The van der Waals surface area contributed by atoms with E-state index in [4.69, 9.17) is 5.73 Å². The Bertz CT molecular complexity index is 334. The normalized spacial score (nSPS) is 12.2. The van der Waals surface area contributed by atoms with Gasteiger partial charge in [0.2, 0.25) is 0 Å². The molecular weight excluding hydrogens is 162 g/mol. The van der Waals surface area contributed by atoms with Gasteiger partial charge in [0.25, 0.3) is 0 Å². The fourth-order valence-corrected chi connectivity index (χ4v) is 1.62. The van der Waals surface area contributed by atoms with Crippen molar-refractivity contribution in [3.63, 3.8) is 0 Å². The quantitative estimate of drug-likeness (QED) is 0.745. The summed E-state index contributed by atoms with van der Waals surface area (Å²) in [7, 11) is 1.96. The van der Waals surface area contributed by atoms with Gasteiger partial charge in [0.05, 0.1) is 5.69 Å². The predicted molar refractivity (Wildman–Crippen MR) is 55.4 cm³/mol. The Morgan fingerprint density at radius 2 is 2.15 bits per heavy atom. The molecule has 0 spiro atoms. The zero-order valence-electron chi connectivity index (χ0n) is 8.76. The molecule has 1 aromatic heterocycles. The number of nitrogens with two attached hydrogens (primary N) is 1. The summed E-state index contributed by atoms with van der Waals surface area (Å²) in [4.78, 5) is 0. The van der Waals surface area contributed by atoms with E-state index in [9.17, 15) is 0 Å². The molecule has 72 valence electrons. The summed E-state index contributed by atoms with van der Waals surface area (Å²) in [6.45, 7) is 6.75. The van der Waals surface area contributed by atoms with E-state index >= 15 is 0 Å². The number of rotatable bonds is 2. The average molecular weight is 179 g/mol. The largest absolute Gasteiger partial charge is 0.327 e. The van der Waals surface area contributed by atoms with Gasteiger partial charge in [0.15, 0.2) is 0 Å². The molecule has 13 heavy (non-hydrogen) atoms. The van der Waals surface area contributed by atoms with E-state index in [1.807, 2.05) is 24.7 Å². The first-order chi connectivity index (χ1) is 6.07. The van der Waals surface area contributed by atoms with E-state index in [0.29, 0.717) is 6.54 Å². The van der Waals surface area contributed by atoms with Crippen molar-refractivity contribution in [3.05, 3.63) is 23.0 Å². The number of nitrogens with zero attached hydrogens (tertiary/aromatic N) is 2. The molecule has 0 bridgehead atoms. The van der Waals surface area contributed by atoms with E-state index in [-0.39, 0.29) is 0 Å². The molecule has 3 nitrogen and oxygen atoms in total. The lowest BCUT2D eigenvalue weighted by atomic mass is 10.1. The van der Waals surface area contributed by atoms with Crippen LogP contribution in [0.25, 0.3) is 5.57 Å². The van der Waals surface area contributed by atoms with Gasteiger partial charge in [0, 0.05) is 24.8 Å². The SMILES string of the molecule is C/C(=C\CN)c1c(C)nn(C)c1C. The van der Waals surface area contributed by atoms with Crippen LogP contribution in [0.15, 0.2) is 6.08 Å². The van der Waals surface area contributed by atoms with Crippen LogP contribution >= 0.6 is 0 Å². The van der Waals surface area contributed by atoms with Crippen LogP contribution in [0, 0.1) is 13.8 Å². The summed E-state index contributed by atoms with van der Waals surface area (Å²) >= 11 is 0. The molecule has 0 unspecified atom stereocenters. The highest BCUT2D eigenvalue weighted by Gasteiger charge is 2.09. The minimum absolute atomic E-state index is 0.583. The maximum atomic E-state index is 5.47. The van der Waals surface area contributed by atoms with Gasteiger partial charge in [-0.2, -0.15) is 5.10 Å². The molecule has 0 atom stereocenters. The van der Waals surface area contributed by atoms with Gasteiger partial charge in [0.1, 0.15) is 0 Å². The summed E-state index contributed by atoms with van der Waals surface area (Å²) in [6.07, 6.45) is 2.02. The molecule has 0 aromatic carbocycles. The predicted octanol–water partition coefficient (Wildman–Crippen LogP) is 1.40. The second-order valence-electron chi connectivity index (χ2n) is 3.29. The molecule has 0 fully saturated rings.